The fraction of sp³-hybridized carbons (Fsp3) is 0.292. The number of anilines is 1. The fourth-order valence-corrected chi connectivity index (χ4v) is 4.30. The number of carbonyl (C=O) groups is 2. The number of hydrogen-bond donors (Lipinski definition) is 1. The van der Waals surface area contributed by atoms with Gasteiger partial charge in [0.15, 0.2) is 6.10 Å². The summed E-state index contributed by atoms with van der Waals surface area (Å²) in [4.78, 5) is 33.0. The second kappa shape index (κ2) is 9.45. The van der Waals surface area contributed by atoms with Gasteiger partial charge in [-0.15, -0.1) is 0 Å². The Bertz CT molecular complexity index is 1200. The number of ether oxygens (including phenoxy) is 1. The molecule has 8 heteroatoms. The van der Waals surface area contributed by atoms with E-state index in [1.807, 2.05) is 24.3 Å². The summed E-state index contributed by atoms with van der Waals surface area (Å²) in [7, 11) is 0. The molecule has 32 heavy (non-hydrogen) atoms. The van der Waals surface area contributed by atoms with Gasteiger partial charge in [0.05, 0.1) is 21.8 Å². The van der Waals surface area contributed by atoms with E-state index in [1.54, 1.807) is 12.1 Å². The van der Waals surface area contributed by atoms with E-state index in [2.05, 4.69) is 17.1 Å². The van der Waals surface area contributed by atoms with Gasteiger partial charge >= 0.3 is 5.97 Å². The first-order valence-corrected chi connectivity index (χ1v) is 11.2. The van der Waals surface area contributed by atoms with Crippen molar-refractivity contribution in [3.63, 3.8) is 0 Å². The Morgan fingerprint density at radius 1 is 1.22 bits per heavy atom. The van der Waals surface area contributed by atoms with E-state index in [1.165, 1.54) is 13.0 Å². The average molecular weight is 472 g/mol. The zero-order chi connectivity index (χ0) is 22.8. The number of nitrogens with one attached hydrogen (secondary N) is 1. The third-order valence-electron chi connectivity index (χ3n) is 5.62. The highest BCUT2D eigenvalue weighted by molar-refractivity contribution is 6.36. The number of hydrogen-bond acceptors (Lipinski definition) is 5. The van der Waals surface area contributed by atoms with Crippen molar-refractivity contribution in [1.29, 1.82) is 0 Å². The molecule has 1 unspecified atom stereocenters. The topological polar surface area (TPSA) is 71.5 Å². The van der Waals surface area contributed by atoms with Crippen LogP contribution in [0.2, 0.25) is 10.0 Å². The molecule has 1 aliphatic rings. The minimum absolute atomic E-state index is 0.304. The van der Waals surface area contributed by atoms with Crippen molar-refractivity contribution in [2.45, 2.75) is 32.9 Å². The lowest BCUT2D eigenvalue weighted by molar-refractivity contribution is -0.123. The quantitative estimate of drug-likeness (QED) is 0.523. The second-order valence-corrected chi connectivity index (χ2v) is 8.55. The smallest absolute Gasteiger partial charge is 0.339 e. The molecule has 2 aromatic carbocycles. The third-order valence-corrected chi connectivity index (χ3v) is 6.17. The van der Waals surface area contributed by atoms with Gasteiger partial charge in [-0.05, 0) is 37.7 Å². The Morgan fingerprint density at radius 3 is 2.75 bits per heavy atom. The van der Waals surface area contributed by atoms with Crippen LogP contribution in [0.25, 0.3) is 10.9 Å². The standard InChI is InChI=1S/C24H23Cl2N3O3/c1-3-29-11-10-20-17(13-29)22(16-6-4-5-7-19(16)27-20)24(31)32-14(2)23(30)28-21-9-8-15(25)12-18(21)26/h4-9,12,14H,3,10-11,13H2,1-2H3,(H,28,30). The highest BCUT2D eigenvalue weighted by Gasteiger charge is 2.28. The Balaban J connectivity index is 1.61. The zero-order valence-corrected chi connectivity index (χ0v) is 19.3. The van der Waals surface area contributed by atoms with Crippen molar-refractivity contribution in [2.24, 2.45) is 0 Å². The van der Waals surface area contributed by atoms with Gasteiger partial charge in [0.2, 0.25) is 0 Å². The van der Waals surface area contributed by atoms with E-state index in [0.29, 0.717) is 27.8 Å². The molecule has 0 radical (unpaired) electrons. The number of benzene rings is 2. The zero-order valence-electron chi connectivity index (χ0n) is 17.8. The molecule has 1 aliphatic heterocycles. The highest BCUT2D eigenvalue weighted by atomic mass is 35.5. The Labute approximate surface area is 196 Å². The second-order valence-electron chi connectivity index (χ2n) is 7.71. The maximum absolute atomic E-state index is 13.3. The van der Waals surface area contributed by atoms with Crippen molar-refractivity contribution in [1.82, 2.24) is 9.88 Å². The lowest BCUT2D eigenvalue weighted by Gasteiger charge is -2.29. The number of rotatable bonds is 5. The van der Waals surface area contributed by atoms with E-state index in [0.717, 1.165) is 41.7 Å². The van der Waals surface area contributed by atoms with Gasteiger partial charge in [0, 0.05) is 41.2 Å². The number of carbonyl (C=O) groups excluding carboxylic acids is 2. The van der Waals surface area contributed by atoms with E-state index in [-0.39, 0.29) is 0 Å². The van der Waals surface area contributed by atoms with Crippen LogP contribution in [0.3, 0.4) is 0 Å². The molecule has 0 aliphatic carbocycles. The summed E-state index contributed by atoms with van der Waals surface area (Å²) in [6.07, 6.45) is -0.262. The van der Waals surface area contributed by atoms with Crippen LogP contribution >= 0.6 is 23.2 Å². The van der Waals surface area contributed by atoms with Crippen molar-refractivity contribution in [3.05, 3.63) is 69.3 Å². The molecule has 3 aromatic rings. The summed E-state index contributed by atoms with van der Waals surface area (Å²) in [5.41, 5.74) is 3.40. The summed E-state index contributed by atoms with van der Waals surface area (Å²) in [5, 5.41) is 4.17. The van der Waals surface area contributed by atoms with E-state index in [9.17, 15) is 9.59 Å². The van der Waals surface area contributed by atoms with Gasteiger partial charge in [-0.2, -0.15) is 0 Å². The van der Waals surface area contributed by atoms with E-state index in [4.69, 9.17) is 32.9 Å². The van der Waals surface area contributed by atoms with Crippen LogP contribution in [0, 0.1) is 0 Å². The SMILES string of the molecule is CCN1CCc2nc3ccccc3c(C(=O)OC(C)C(=O)Nc3ccc(Cl)cc3Cl)c2C1. The molecule has 166 valence electrons. The van der Waals surface area contributed by atoms with Gasteiger partial charge in [-0.25, -0.2) is 4.79 Å². The minimum Gasteiger partial charge on any atom is -0.449 e. The molecule has 1 aromatic heterocycles. The van der Waals surface area contributed by atoms with Crippen molar-refractivity contribution < 1.29 is 14.3 Å². The monoisotopic (exact) mass is 471 g/mol. The van der Waals surface area contributed by atoms with Gasteiger partial charge in [0.25, 0.3) is 5.91 Å². The fourth-order valence-electron chi connectivity index (χ4n) is 3.85. The van der Waals surface area contributed by atoms with Crippen LogP contribution in [0.4, 0.5) is 5.69 Å². The van der Waals surface area contributed by atoms with Gasteiger partial charge in [-0.1, -0.05) is 48.3 Å². The first-order valence-electron chi connectivity index (χ1n) is 10.5. The molecule has 1 amide bonds. The molecule has 0 bridgehead atoms. The minimum atomic E-state index is -1.03. The molecule has 1 N–H and O–H groups in total. The molecule has 0 saturated carbocycles. The number of para-hydroxylation sites is 1. The Hall–Kier alpha value is -2.67. The Morgan fingerprint density at radius 2 is 2.00 bits per heavy atom. The number of fused-ring (bicyclic) bond motifs is 2. The number of pyridine rings is 1. The Kier molecular flexibility index (Phi) is 6.65. The largest absolute Gasteiger partial charge is 0.449 e. The molecule has 1 atom stereocenters. The van der Waals surface area contributed by atoms with Crippen LogP contribution in [0.1, 0.15) is 35.5 Å². The van der Waals surface area contributed by atoms with Gasteiger partial charge in [0.1, 0.15) is 0 Å². The third kappa shape index (κ3) is 4.58. The molecular weight excluding hydrogens is 449 g/mol. The number of halogens is 2. The maximum Gasteiger partial charge on any atom is 0.339 e. The van der Waals surface area contributed by atoms with Crippen LogP contribution in [0.5, 0.6) is 0 Å². The maximum atomic E-state index is 13.3. The first kappa shape index (κ1) is 22.5. The number of aromatic nitrogens is 1. The summed E-state index contributed by atoms with van der Waals surface area (Å²) in [6.45, 7) is 6.01. The van der Waals surface area contributed by atoms with Crippen LogP contribution in [-0.2, 0) is 22.5 Å². The van der Waals surface area contributed by atoms with E-state index >= 15 is 0 Å². The van der Waals surface area contributed by atoms with Crippen molar-refractivity contribution in [3.8, 4) is 0 Å². The predicted octanol–water partition coefficient (Wildman–Crippen LogP) is 5.10. The normalized spacial score (nSPS) is 14.6. The van der Waals surface area contributed by atoms with Crippen LogP contribution < -0.4 is 5.32 Å². The molecule has 0 spiro atoms. The molecular formula is C24H23Cl2N3O3. The van der Waals surface area contributed by atoms with Crippen molar-refractivity contribution >= 4 is 51.7 Å². The molecule has 0 saturated heterocycles. The van der Waals surface area contributed by atoms with Crippen LogP contribution in [0.15, 0.2) is 42.5 Å². The van der Waals surface area contributed by atoms with Gasteiger partial charge < -0.3 is 10.1 Å². The first-order chi connectivity index (χ1) is 15.4. The lowest BCUT2D eigenvalue weighted by atomic mass is 9.95. The van der Waals surface area contributed by atoms with Gasteiger partial charge in [-0.3, -0.25) is 14.7 Å². The molecule has 2 heterocycles. The average Bonchev–Trinajstić information content (AvgIpc) is 2.78. The molecule has 0 fully saturated rings. The molecule has 6 nitrogen and oxygen atoms in total. The number of likely N-dealkylation sites (N-methyl/N-ethyl adjacent to an activating group) is 1. The summed E-state index contributed by atoms with van der Waals surface area (Å²) >= 11 is 12.0. The van der Waals surface area contributed by atoms with E-state index < -0.39 is 18.0 Å². The summed E-state index contributed by atoms with van der Waals surface area (Å²) in [6, 6.07) is 12.3. The summed E-state index contributed by atoms with van der Waals surface area (Å²) in [5.74, 6) is -1.02. The van der Waals surface area contributed by atoms with Crippen LogP contribution in [-0.4, -0.2) is 41.0 Å². The number of nitrogens with zero attached hydrogens (tertiary/aromatic N) is 2. The number of esters is 1. The predicted molar refractivity (Wildman–Crippen MR) is 126 cm³/mol. The highest BCUT2D eigenvalue weighted by Crippen LogP contribution is 2.29. The molecule has 4 rings (SSSR count). The lowest BCUT2D eigenvalue weighted by Crippen LogP contribution is -2.34. The van der Waals surface area contributed by atoms with Crippen molar-refractivity contribution in [2.75, 3.05) is 18.4 Å². The number of amides is 1. The summed E-state index contributed by atoms with van der Waals surface area (Å²) < 4.78 is 5.61.